The summed E-state index contributed by atoms with van der Waals surface area (Å²) in [5.74, 6) is 0. The number of para-hydroxylation sites is 1. The zero-order chi connectivity index (χ0) is 19.4. The minimum Gasteiger partial charge on any atom is -0.258 e. The third kappa shape index (κ3) is 4.21. The first-order valence-corrected chi connectivity index (χ1v) is 9.74. The lowest BCUT2D eigenvalue weighted by atomic mass is 9.99. The fourth-order valence-corrected chi connectivity index (χ4v) is 4.17. The Hall–Kier alpha value is -3.03. The number of nitrogens with one attached hydrogen (secondary N) is 1. The van der Waals surface area contributed by atoms with Crippen molar-refractivity contribution in [3.63, 3.8) is 0 Å². The van der Waals surface area contributed by atoms with E-state index in [4.69, 9.17) is 0 Å². The van der Waals surface area contributed by atoms with Crippen molar-refractivity contribution in [3.8, 4) is 0 Å². The predicted molar refractivity (Wildman–Crippen MR) is 103 cm³/mol. The van der Waals surface area contributed by atoms with Gasteiger partial charge in [-0.15, -0.1) is 0 Å². The van der Waals surface area contributed by atoms with Gasteiger partial charge in [0.05, 0.1) is 11.0 Å². The fraction of sp³-hybridized carbons (Fsp3) is 0.100. The summed E-state index contributed by atoms with van der Waals surface area (Å²) < 4.78 is 28.6. The van der Waals surface area contributed by atoms with Crippen molar-refractivity contribution in [2.24, 2.45) is 0 Å². The summed E-state index contributed by atoms with van der Waals surface area (Å²) in [7, 11) is -4.13. The molecule has 1 atom stereocenters. The van der Waals surface area contributed by atoms with Crippen LogP contribution in [-0.2, 0) is 10.0 Å². The second-order valence-electron chi connectivity index (χ2n) is 6.10. The highest BCUT2D eigenvalue weighted by atomic mass is 32.2. The second-order valence-corrected chi connectivity index (χ2v) is 7.78. The molecule has 1 N–H and O–H groups in total. The number of nitro groups is 1. The molecule has 138 valence electrons. The Morgan fingerprint density at radius 2 is 1.41 bits per heavy atom. The Labute approximate surface area is 157 Å². The Bertz CT molecular complexity index is 1050. The topological polar surface area (TPSA) is 89.3 Å². The summed E-state index contributed by atoms with van der Waals surface area (Å²) in [5.41, 5.74) is 2.07. The number of hydrogen-bond donors (Lipinski definition) is 1. The molecule has 0 fully saturated rings. The van der Waals surface area contributed by atoms with Crippen LogP contribution in [0.15, 0.2) is 83.8 Å². The van der Waals surface area contributed by atoms with Gasteiger partial charge in [0.2, 0.25) is 10.0 Å². The third-order valence-electron chi connectivity index (χ3n) is 4.17. The van der Waals surface area contributed by atoms with Crippen molar-refractivity contribution in [1.82, 2.24) is 4.72 Å². The minimum atomic E-state index is -4.13. The monoisotopic (exact) mass is 382 g/mol. The van der Waals surface area contributed by atoms with E-state index in [1.54, 1.807) is 0 Å². The summed E-state index contributed by atoms with van der Waals surface area (Å²) in [6.45, 7) is 1.94. The van der Waals surface area contributed by atoms with E-state index >= 15 is 0 Å². The molecule has 0 bridgehead atoms. The van der Waals surface area contributed by atoms with Crippen LogP contribution in [0.25, 0.3) is 0 Å². The molecule has 0 aromatic heterocycles. The van der Waals surface area contributed by atoms with Crippen LogP contribution in [0.4, 0.5) is 5.69 Å². The number of benzene rings is 3. The number of aryl methyl sites for hydroxylation is 1. The fourth-order valence-electron chi connectivity index (χ4n) is 2.79. The maximum absolute atomic E-state index is 13.0. The average Bonchev–Trinajstić information content (AvgIpc) is 2.67. The van der Waals surface area contributed by atoms with Gasteiger partial charge in [0.25, 0.3) is 5.69 Å². The Morgan fingerprint density at radius 3 is 2.04 bits per heavy atom. The number of rotatable bonds is 6. The Morgan fingerprint density at radius 1 is 0.852 bits per heavy atom. The molecule has 7 heteroatoms. The van der Waals surface area contributed by atoms with E-state index in [0.717, 1.165) is 16.7 Å². The highest BCUT2D eigenvalue weighted by Gasteiger charge is 2.29. The molecule has 0 spiro atoms. The van der Waals surface area contributed by atoms with Gasteiger partial charge in [-0.2, -0.15) is 4.72 Å². The lowest BCUT2D eigenvalue weighted by Gasteiger charge is -2.20. The summed E-state index contributed by atoms with van der Waals surface area (Å²) >= 11 is 0. The molecule has 0 aliphatic rings. The van der Waals surface area contributed by atoms with Crippen LogP contribution in [0.1, 0.15) is 22.7 Å². The zero-order valence-corrected chi connectivity index (χ0v) is 15.4. The summed E-state index contributed by atoms with van der Waals surface area (Å²) in [5, 5.41) is 11.2. The number of hydrogen-bond acceptors (Lipinski definition) is 4. The van der Waals surface area contributed by atoms with Gasteiger partial charge in [0.1, 0.15) is 0 Å². The van der Waals surface area contributed by atoms with Gasteiger partial charge in [-0.1, -0.05) is 72.3 Å². The van der Waals surface area contributed by atoms with Crippen LogP contribution in [0.2, 0.25) is 0 Å². The molecule has 3 aromatic carbocycles. The molecule has 3 rings (SSSR count). The molecule has 0 aliphatic carbocycles. The molecule has 0 radical (unpaired) electrons. The van der Waals surface area contributed by atoms with Crippen LogP contribution in [-0.4, -0.2) is 13.3 Å². The standard InChI is InChI=1S/C20H18N2O4S/c1-15-11-13-17(14-12-15)20(16-7-3-2-4-8-16)21-27(25,26)19-10-6-5-9-18(19)22(23)24/h2-14,20-21H,1H3. The predicted octanol–water partition coefficient (Wildman–Crippen LogP) is 3.97. The van der Waals surface area contributed by atoms with Gasteiger partial charge < -0.3 is 0 Å². The number of sulfonamides is 1. The van der Waals surface area contributed by atoms with Gasteiger partial charge in [-0.25, -0.2) is 8.42 Å². The summed E-state index contributed by atoms with van der Waals surface area (Å²) in [6, 6.07) is 21.2. The first-order valence-electron chi connectivity index (χ1n) is 8.26. The van der Waals surface area contributed by atoms with Crippen molar-refractivity contribution in [2.75, 3.05) is 0 Å². The maximum Gasteiger partial charge on any atom is 0.289 e. The van der Waals surface area contributed by atoms with Crippen molar-refractivity contribution < 1.29 is 13.3 Å². The SMILES string of the molecule is Cc1ccc(C(NS(=O)(=O)c2ccccc2[N+](=O)[O-])c2ccccc2)cc1. The normalized spacial score (nSPS) is 12.5. The van der Waals surface area contributed by atoms with E-state index in [-0.39, 0.29) is 4.90 Å². The Kier molecular flexibility index (Phi) is 5.34. The van der Waals surface area contributed by atoms with Crippen LogP contribution in [0.5, 0.6) is 0 Å². The van der Waals surface area contributed by atoms with Crippen molar-refractivity contribution in [2.45, 2.75) is 17.9 Å². The van der Waals surface area contributed by atoms with Gasteiger partial charge >= 0.3 is 0 Å². The molecule has 0 heterocycles. The Balaban J connectivity index is 2.07. The highest BCUT2D eigenvalue weighted by Crippen LogP contribution is 2.28. The smallest absolute Gasteiger partial charge is 0.258 e. The summed E-state index contributed by atoms with van der Waals surface area (Å²) in [4.78, 5) is 10.2. The minimum absolute atomic E-state index is 0.358. The zero-order valence-electron chi connectivity index (χ0n) is 14.6. The van der Waals surface area contributed by atoms with E-state index < -0.39 is 26.7 Å². The molecular formula is C20H18N2O4S. The van der Waals surface area contributed by atoms with Crippen LogP contribution < -0.4 is 4.72 Å². The lowest BCUT2D eigenvalue weighted by Crippen LogP contribution is -2.30. The number of nitrogens with zero attached hydrogens (tertiary/aromatic N) is 1. The lowest BCUT2D eigenvalue weighted by molar-refractivity contribution is -0.387. The summed E-state index contributed by atoms with van der Waals surface area (Å²) in [6.07, 6.45) is 0. The average molecular weight is 382 g/mol. The van der Waals surface area contributed by atoms with Gasteiger partial charge in [-0.05, 0) is 24.1 Å². The van der Waals surface area contributed by atoms with Gasteiger partial charge in [0.15, 0.2) is 4.90 Å². The van der Waals surface area contributed by atoms with Crippen molar-refractivity contribution >= 4 is 15.7 Å². The molecular weight excluding hydrogens is 364 g/mol. The van der Waals surface area contributed by atoms with Crippen LogP contribution in [0, 0.1) is 17.0 Å². The largest absolute Gasteiger partial charge is 0.289 e. The molecule has 3 aromatic rings. The highest BCUT2D eigenvalue weighted by molar-refractivity contribution is 7.89. The molecule has 0 aliphatic heterocycles. The van der Waals surface area contributed by atoms with Crippen molar-refractivity contribution in [1.29, 1.82) is 0 Å². The number of nitro benzene ring substituents is 1. The van der Waals surface area contributed by atoms with E-state index in [1.165, 1.54) is 24.3 Å². The van der Waals surface area contributed by atoms with Gasteiger partial charge in [0, 0.05) is 6.07 Å². The quantitative estimate of drug-likeness (QED) is 0.516. The molecule has 6 nitrogen and oxygen atoms in total. The third-order valence-corrected chi connectivity index (χ3v) is 5.64. The van der Waals surface area contributed by atoms with Gasteiger partial charge in [-0.3, -0.25) is 10.1 Å². The van der Waals surface area contributed by atoms with E-state index in [2.05, 4.69) is 4.72 Å². The van der Waals surface area contributed by atoms with Crippen molar-refractivity contribution in [3.05, 3.63) is 106 Å². The van der Waals surface area contributed by atoms with Crippen LogP contribution >= 0.6 is 0 Å². The first-order chi connectivity index (χ1) is 12.9. The van der Waals surface area contributed by atoms with E-state index in [9.17, 15) is 18.5 Å². The molecule has 27 heavy (non-hydrogen) atoms. The van der Waals surface area contributed by atoms with E-state index in [0.29, 0.717) is 0 Å². The van der Waals surface area contributed by atoms with Crippen LogP contribution in [0.3, 0.4) is 0 Å². The molecule has 0 saturated carbocycles. The molecule has 0 amide bonds. The molecule has 1 unspecified atom stereocenters. The second kappa shape index (κ2) is 7.69. The van der Waals surface area contributed by atoms with E-state index in [1.807, 2.05) is 61.5 Å². The maximum atomic E-state index is 13.0. The molecule has 0 saturated heterocycles. The first kappa shape index (κ1) is 18.8.